The number of hydrogen-bond donors (Lipinski definition) is 2. The number of rotatable bonds is 9. The van der Waals surface area contributed by atoms with Gasteiger partial charge in [-0.1, -0.05) is 95.5 Å². The Morgan fingerprint density at radius 1 is 0.750 bits per heavy atom. The van der Waals surface area contributed by atoms with E-state index in [2.05, 4.69) is 10.6 Å². The number of carbonyl (C=O) groups is 3. The third-order valence-corrected chi connectivity index (χ3v) is 6.62. The Hall–Kier alpha value is -4.04. The summed E-state index contributed by atoms with van der Waals surface area (Å²) >= 11 is 18.1. The Bertz CT molecular complexity index is 1500. The number of carbonyl (C=O) groups excluding carboxylic acids is 3. The van der Waals surface area contributed by atoms with Crippen LogP contribution >= 0.6 is 34.8 Å². The normalized spacial score (nSPS) is 11.3. The fourth-order valence-electron chi connectivity index (χ4n) is 3.67. The number of anilines is 1. The number of hydrogen-bond acceptors (Lipinski definition) is 5. The molecule has 0 saturated carbocycles. The van der Waals surface area contributed by atoms with Crippen LogP contribution in [0.25, 0.3) is 0 Å². The van der Waals surface area contributed by atoms with Crippen LogP contribution in [0.1, 0.15) is 21.5 Å². The van der Waals surface area contributed by atoms with Crippen LogP contribution < -0.4 is 15.4 Å². The monoisotopic (exact) mass is 596 g/mol. The Balaban J connectivity index is 1.51. The predicted octanol–water partition coefficient (Wildman–Crippen LogP) is 7.34. The van der Waals surface area contributed by atoms with Crippen molar-refractivity contribution in [1.29, 1.82) is 0 Å². The van der Waals surface area contributed by atoms with Crippen LogP contribution in [0, 0.1) is 0 Å². The molecule has 0 saturated heterocycles. The maximum Gasteiger partial charge on any atom is 0.408 e. The third-order valence-electron chi connectivity index (χ3n) is 5.65. The minimum Gasteiger partial charge on any atom is -0.445 e. The molecular formula is C30H23Cl3N2O5. The van der Waals surface area contributed by atoms with Gasteiger partial charge in [0, 0.05) is 17.1 Å². The summed E-state index contributed by atoms with van der Waals surface area (Å²) in [4.78, 5) is 39.0. The van der Waals surface area contributed by atoms with E-state index >= 15 is 0 Å². The second kappa shape index (κ2) is 13.8. The molecule has 0 radical (unpaired) electrons. The first-order chi connectivity index (χ1) is 19.3. The predicted molar refractivity (Wildman–Crippen MR) is 155 cm³/mol. The van der Waals surface area contributed by atoms with Crippen LogP contribution in [0.2, 0.25) is 15.1 Å². The Kier molecular flexibility index (Phi) is 10.0. The lowest BCUT2D eigenvalue weighted by molar-refractivity contribution is -0.136. The van der Waals surface area contributed by atoms with E-state index in [1.807, 2.05) is 60.7 Å². The second-order valence-corrected chi connectivity index (χ2v) is 9.84. The number of ether oxygens (including phenoxy) is 2. The lowest BCUT2D eigenvalue weighted by Gasteiger charge is -2.19. The van der Waals surface area contributed by atoms with Gasteiger partial charge in [-0.3, -0.25) is 4.79 Å². The zero-order valence-corrected chi connectivity index (χ0v) is 23.2. The summed E-state index contributed by atoms with van der Waals surface area (Å²) in [5, 5.41) is 6.09. The average molecular weight is 598 g/mol. The minimum atomic E-state index is -1.12. The molecule has 4 aromatic rings. The summed E-state index contributed by atoms with van der Waals surface area (Å²) < 4.78 is 10.9. The van der Waals surface area contributed by atoms with Crippen LogP contribution in [0.3, 0.4) is 0 Å². The van der Waals surface area contributed by atoms with E-state index in [-0.39, 0.29) is 34.4 Å². The molecule has 2 amide bonds. The lowest BCUT2D eigenvalue weighted by Crippen LogP contribution is -2.44. The maximum atomic E-state index is 13.3. The smallest absolute Gasteiger partial charge is 0.408 e. The molecule has 0 fully saturated rings. The highest BCUT2D eigenvalue weighted by molar-refractivity contribution is 6.42. The first-order valence-electron chi connectivity index (χ1n) is 12.1. The Labute approximate surface area is 246 Å². The van der Waals surface area contributed by atoms with Crippen LogP contribution in [0.4, 0.5) is 10.5 Å². The van der Waals surface area contributed by atoms with Gasteiger partial charge in [0.2, 0.25) is 0 Å². The fourth-order valence-corrected chi connectivity index (χ4v) is 4.14. The largest absolute Gasteiger partial charge is 0.445 e. The highest BCUT2D eigenvalue weighted by atomic mass is 35.5. The van der Waals surface area contributed by atoms with Gasteiger partial charge < -0.3 is 20.1 Å². The maximum absolute atomic E-state index is 13.3. The van der Waals surface area contributed by atoms with Crippen molar-refractivity contribution in [3.05, 3.63) is 129 Å². The third kappa shape index (κ3) is 8.23. The van der Waals surface area contributed by atoms with Crippen molar-refractivity contribution in [2.75, 3.05) is 5.32 Å². The van der Waals surface area contributed by atoms with Crippen molar-refractivity contribution < 1.29 is 23.9 Å². The summed E-state index contributed by atoms with van der Waals surface area (Å²) in [6.07, 6.45) is -0.672. The minimum absolute atomic E-state index is 0.00274. The average Bonchev–Trinajstić information content (AvgIpc) is 2.95. The van der Waals surface area contributed by atoms with Crippen molar-refractivity contribution in [3.63, 3.8) is 0 Å². The lowest BCUT2D eigenvalue weighted by atomic mass is 10.1. The van der Waals surface area contributed by atoms with Crippen molar-refractivity contribution in [3.8, 4) is 5.75 Å². The topological polar surface area (TPSA) is 93.7 Å². The van der Waals surface area contributed by atoms with Crippen molar-refractivity contribution in [2.24, 2.45) is 0 Å². The molecular weight excluding hydrogens is 575 g/mol. The highest BCUT2D eigenvalue weighted by Crippen LogP contribution is 2.28. The van der Waals surface area contributed by atoms with Gasteiger partial charge in [-0.05, 0) is 47.5 Å². The summed E-state index contributed by atoms with van der Waals surface area (Å²) in [7, 11) is 0. The molecule has 10 heteroatoms. The molecule has 2 N–H and O–H groups in total. The van der Waals surface area contributed by atoms with Crippen LogP contribution in [0.5, 0.6) is 5.75 Å². The first-order valence-corrected chi connectivity index (χ1v) is 13.2. The Morgan fingerprint density at radius 2 is 1.43 bits per heavy atom. The first kappa shape index (κ1) is 29.0. The van der Waals surface area contributed by atoms with Gasteiger partial charge in [0.15, 0.2) is 0 Å². The van der Waals surface area contributed by atoms with Gasteiger partial charge in [0.1, 0.15) is 18.4 Å². The molecule has 0 aromatic heterocycles. The zero-order valence-electron chi connectivity index (χ0n) is 20.9. The second-order valence-electron chi connectivity index (χ2n) is 8.59. The molecule has 4 aromatic carbocycles. The molecule has 40 heavy (non-hydrogen) atoms. The van der Waals surface area contributed by atoms with Gasteiger partial charge in [0.05, 0.1) is 15.6 Å². The SMILES string of the molecule is O=C(N[C@@H](Cc1ccccc1)C(=O)Oc1ccc(Cl)cc1C(=O)Nc1ccc(Cl)c(Cl)c1)OCc1ccccc1. The molecule has 0 aliphatic rings. The molecule has 0 aliphatic carbocycles. The van der Waals surface area contributed by atoms with E-state index in [1.165, 1.54) is 30.3 Å². The quantitative estimate of drug-likeness (QED) is 0.156. The molecule has 0 heterocycles. The zero-order chi connectivity index (χ0) is 28.5. The van der Waals surface area contributed by atoms with E-state index in [4.69, 9.17) is 44.3 Å². The van der Waals surface area contributed by atoms with Crippen LogP contribution in [0.15, 0.2) is 97.1 Å². The van der Waals surface area contributed by atoms with Gasteiger partial charge in [0.25, 0.3) is 5.91 Å². The number of benzene rings is 4. The highest BCUT2D eigenvalue weighted by Gasteiger charge is 2.26. The summed E-state index contributed by atoms with van der Waals surface area (Å²) in [5.74, 6) is -1.45. The molecule has 0 aliphatic heterocycles. The van der Waals surface area contributed by atoms with E-state index in [0.717, 1.165) is 11.1 Å². The van der Waals surface area contributed by atoms with E-state index in [9.17, 15) is 14.4 Å². The van der Waals surface area contributed by atoms with Crippen molar-refractivity contribution in [2.45, 2.75) is 19.1 Å². The fraction of sp³-hybridized carbons (Fsp3) is 0.100. The molecule has 0 unspecified atom stereocenters. The van der Waals surface area contributed by atoms with Crippen LogP contribution in [-0.2, 0) is 22.6 Å². The molecule has 7 nitrogen and oxygen atoms in total. The van der Waals surface area contributed by atoms with E-state index in [0.29, 0.717) is 10.7 Å². The van der Waals surface area contributed by atoms with Gasteiger partial charge in [-0.2, -0.15) is 0 Å². The van der Waals surface area contributed by atoms with E-state index in [1.54, 1.807) is 6.07 Å². The summed E-state index contributed by atoms with van der Waals surface area (Å²) in [6, 6.07) is 26.0. The molecule has 204 valence electrons. The Morgan fingerprint density at radius 3 is 2.10 bits per heavy atom. The van der Waals surface area contributed by atoms with Gasteiger partial charge >= 0.3 is 12.1 Å². The standard InChI is InChI=1S/C30H23Cl3N2O5/c31-21-11-14-27(23(16-21)28(36)34-22-12-13-24(32)25(33)17-22)40-29(37)26(15-19-7-3-1-4-8-19)35-30(38)39-18-20-9-5-2-6-10-20/h1-14,16-17,26H,15,18H2,(H,34,36)(H,35,38)/t26-/m0/s1. The van der Waals surface area contributed by atoms with Crippen molar-refractivity contribution in [1.82, 2.24) is 5.32 Å². The van der Waals surface area contributed by atoms with Gasteiger partial charge in [-0.15, -0.1) is 0 Å². The number of nitrogens with one attached hydrogen (secondary N) is 2. The molecule has 0 spiro atoms. The molecule has 1 atom stereocenters. The van der Waals surface area contributed by atoms with Gasteiger partial charge in [-0.25, -0.2) is 9.59 Å². The summed E-state index contributed by atoms with van der Waals surface area (Å²) in [5.41, 5.74) is 1.94. The number of esters is 1. The van der Waals surface area contributed by atoms with Crippen molar-refractivity contribution >= 4 is 58.5 Å². The molecule has 0 bridgehead atoms. The van der Waals surface area contributed by atoms with Crippen LogP contribution in [-0.4, -0.2) is 24.0 Å². The summed E-state index contributed by atoms with van der Waals surface area (Å²) in [6.45, 7) is 0.0238. The number of alkyl carbamates (subject to hydrolysis) is 1. The number of amides is 2. The molecule has 4 rings (SSSR count). The number of halogens is 3. The van der Waals surface area contributed by atoms with E-state index < -0.39 is 24.0 Å².